The lowest BCUT2D eigenvalue weighted by Gasteiger charge is -2.26. The smallest absolute Gasteiger partial charge is 0.0963 e. The molecule has 1 unspecified atom stereocenters. The second-order valence-electron chi connectivity index (χ2n) is 3.78. The average Bonchev–Trinajstić information content (AvgIpc) is 2.03. The van der Waals surface area contributed by atoms with Gasteiger partial charge in [-0.1, -0.05) is 23.7 Å². The molecular formula is C10H14ClNO. The molecule has 1 aromatic carbocycles. The molecule has 1 atom stereocenters. The van der Waals surface area contributed by atoms with E-state index in [2.05, 4.69) is 0 Å². The SMILES string of the molecule is CC(C)(N)C(O)c1ccc(Cl)cc1. The van der Waals surface area contributed by atoms with E-state index in [0.29, 0.717) is 5.02 Å². The lowest BCUT2D eigenvalue weighted by molar-refractivity contribution is 0.104. The van der Waals surface area contributed by atoms with Crippen molar-refractivity contribution in [1.82, 2.24) is 0 Å². The molecule has 0 heterocycles. The van der Waals surface area contributed by atoms with E-state index >= 15 is 0 Å². The fraction of sp³-hybridized carbons (Fsp3) is 0.400. The second kappa shape index (κ2) is 3.66. The predicted molar refractivity (Wildman–Crippen MR) is 54.7 cm³/mol. The van der Waals surface area contributed by atoms with Crippen LogP contribution in [0.4, 0.5) is 0 Å². The molecule has 0 aliphatic rings. The molecule has 3 N–H and O–H groups in total. The standard InChI is InChI=1S/C10H14ClNO/c1-10(2,12)9(13)7-3-5-8(11)6-4-7/h3-6,9,13H,12H2,1-2H3. The highest BCUT2D eigenvalue weighted by Crippen LogP contribution is 2.24. The zero-order valence-electron chi connectivity index (χ0n) is 7.79. The zero-order valence-corrected chi connectivity index (χ0v) is 8.55. The predicted octanol–water partition coefficient (Wildman–Crippen LogP) is 2.11. The van der Waals surface area contributed by atoms with Gasteiger partial charge in [-0.25, -0.2) is 0 Å². The maximum atomic E-state index is 9.78. The van der Waals surface area contributed by atoms with E-state index < -0.39 is 11.6 Å². The van der Waals surface area contributed by atoms with E-state index in [0.717, 1.165) is 5.56 Å². The monoisotopic (exact) mass is 199 g/mol. The third-order valence-electron chi connectivity index (χ3n) is 1.89. The minimum Gasteiger partial charge on any atom is -0.387 e. The lowest BCUT2D eigenvalue weighted by Crippen LogP contribution is -2.39. The first-order chi connectivity index (χ1) is 5.91. The Hall–Kier alpha value is -0.570. The summed E-state index contributed by atoms with van der Waals surface area (Å²) in [6.45, 7) is 3.57. The summed E-state index contributed by atoms with van der Waals surface area (Å²) in [5.41, 5.74) is 5.92. The van der Waals surface area contributed by atoms with Crippen molar-refractivity contribution in [2.75, 3.05) is 0 Å². The van der Waals surface area contributed by atoms with E-state index in [9.17, 15) is 5.11 Å². The summed E-state index contributed by atoms with van der Waals surface area (Å²) in [5, 5.41) is 10.4. The third-order valence-corrected chi connectivity index (χ3v) is 2.14. The van der Waals surface area contributed by atoms with Crippen LogP contribution in [-0.4, -0.2) is 10.6 Å². The van der Waals surface area contributed by atoms with E-state index in [1.807, 2.05) is 0 Å². The summed E-state index contributed by atoms with van der Waals surface area (Å²) < 4.78 is 0. The minimum absolute atomic E-state index is 0.631. The van der Waals surface area contributed by atoms with E-state index in [-0.39, 0.29) is 0 Å². The zero-order chi connectivity index (χ0) is 10.1. The second-order valence-corrected chi connectivity index (χ2v) is 4.21. The number of nitrogens with two attached hydrogens (primary N) is 1. The Morgan fingerprint density at radius 2 is 1.77 bits per heavy atom. The van der Waals surface area contributed by atoms with Gasteiger partial charge in [0.25, 0.3) is 0 Å². The van der Waals surface area contributed by atoms with Crippen LogP contribution in [-0.2, 0) is 0 Å². The molecule has 0 aromatic heterocycles. The first kappa shape index (κ1) is 10.5. The first-order valence-electron chi connectivity index (χ1n) is 4.13. The van der Waals surface area contributed by atoms with Crippen LogP contribution in [0.15, 0.2) is 24.3 Å². The van der Waals surface area contributed by atoms with Gasteiger partial charge < -0.3 is 10.8 Å². The molecular weight excluding hydrogens is 186 g/mol. The highest BCUT2D eigenvalue weighted by Gasteiger charge is 2.23. The van der Waals surface area contributed by atoms with Gasteiger partial charge in [0.1, 0.15) is 0 Å². The highest BCUT2D eigenvalue weighted by atomic mass is 35.5. The number of benzene rings is 1. The molecule has 1 rings (SSSR count). The maximum absolute atomic E-state index is 9.78. The van der Waals surface area contributed by atoms with Crippen molar-refractivity contribution in [3.63, 3.8) is 0 Å². The van der Waals surface area contributed by atoms with Gasteiger partial charge in [-0.05, 0) is 31.5 Å². The topological polar surface area (TPSA) is 46.2 Å². The Morgan fingerprint density at radius 3 is 2.15 bits per heavy atom. The van der Waals surface area contributed by atoms with Gasteiger partial charge in [-0.3, -0.25) is 0 Å². The number of halogens is 1. The molecule has 72 valence electrons. The Labute approximate surface area is 83.3 Å². The Kier molecular flexibility index (Phi) is 2.96. The average molecular weight is 200 g/mol. The summed E-state index contributed by atoms with van der Waals surface area (Å²) in [5.74, 6) is 0. The van der Waals surface area contributed by atoms with Crippen LogP contribution in [0.25, 0.3) is 0 Å². The van der Waals surface area contributed by atoms with Gasteiger partial charge in [0.15, 0.2) is 0 Å². The molecule has 2 nitrogen and oxygen atoms in total. The fourth-order valence-electron chi connectivity index (χ4n) is 1.07. The fourth-order valence-corrected chi connectivity index (χ4v) is 1.20. The summed E-state index contributed by atoms with van der Waals surface area (Å²) in [4.78, 5) is 0. The van der Waals surface area contributed by atoms with E-state index in [4.69, 9.17) is 17.3 Å². The molecule has 0 aliphatic carbocycles. The van der Waals surface area contributed by atoms with Crippen LogP contribution < -0.4 is 5.73 Å². The number of aliphatic hydroxyl groups is 1. The van der Waals surface area contributed by atoms with Gasteiger partial charge in [0.05, 0.1) is 6.10 Å². The maximum Gasteiger partial charge on any atom is 0.0963 e. The van der Waals surface area contributed by atoms with Crippen molar-refractivity contribution in [1.29, 1.82) is 0 Å². The molecule has 0 radical (unpaired) electrons. The van der Waals surface area contributed by atoms with Crippen molar-refractivity contribution in [3.8, 4) is 0 Å². The quantitative estimate of drug-likeness (QED) is 0.767. The van der Waals surface area contributed by atoms with Gasteiger partial charge >= 0.3 is 0 Å². The normalized spacial score (nSPS) is 14.2. The molecule has 0 spiro atoms. The summed E-state index contributed by atoms with van der Waals surface area (Å²) >= 11 is 5.72. The van der Waals surface area contributed by atoms with Crippen LogP contribution in [0.2, 0.25) is 5.02 Å². The lowest BCUT2D eigenvalue weighted by atomic mass is 9.93. The van der Waals surface area contributed by atoms with Crippen LogP contribution in [0.5, 0.6) is 0 Å². The van der Waals surface area contributed by atoms with Crippen molar-refractivity contribution in [2.45, 2.75) is 25.5 Å². The summed E-state index contributed by atoms with van der Waals surface area (Å²) in [6.07, 6.45) is -0.662. The largest absolute Gasteiger partial charge is 0.387 e. The molecule has 0 saturated carbocycles. The van der Waals surface area contributed by atoms with Gasteiger partial charge in [-0.15, -0.1) is 0 Å². The molecule has 0 saturated heterocycles. The number of aliphatic hydroxyl groups excluding tert-OH is 1. The third kappa shape index (κ3) is 2.69. The van der Waals surface area contributed by atoms with Crippen LogP contribution in [0, 0.1) is 0 Å². The Bertz CT molecular complexity index is 276. The summed E-state index contributed by atoms with van der Waals surface area (Å²) in [7, 11) is 0. The van der Waals surface area contributed by atoms with Gasteiger partial charge in [0, 0.05) is 10.6 Å². The Morgan fingerprint density at radius 1 is 1.31 bits per heavy atom. The molecule has 0 aliphatic heterocycles. The van der Waals surface area contributed by atoms with Crippen LogP contribution in [0.3, 0.4) is 0 Å². The Balaban J connectivity index is 2.90. The number of rotatable bonds is 2. The van der Waals surface area contributed by atoms with Crippen LogP contribution >= 0.6 is 11.6 Å². The van der Waals surface area contributed by atoms with Gasteiger partial charge in [-0.2, -0.15) is 0 Å². The molecule has 13 heavy (non-hydrogen) atoms. The van der Waals surface area contributed by atoms with Gasteiger partial charge in [0.2, 0.25) is 0 Å². The minimum atomic E-state index is -0.662. The molecule has 3 heteroatoms. The van der Waals surface area contributed by atoms with E-state index in [1.165, 1.54) is 0 Å². The number of hydrogen-bond donors (Lipinski definition) is 2. The highest BCUT2D eigenvalue weighted by molar-refractivity contribution is 6.30. The van der Waals surface area contributed by atoms with Crippen molar-refractivity contribution in [3.05, 3.63) is 34.9 Å². The van der Waals surface area contributed by atoms with Crippen molar-refractivity contribution >= 4 is 11.6 Å². The molecule has 1 aromatic rings. The van der Waals surface area contributed by atoms with Crippen molar-refractivity contribution < 1.29 is 5.11 Å². The molecule has 0 fully saturated rings. The van der Waals surface area contributed by atoms with E-state index in [1.54, 1.807) is 38.1 Å². The molecule has 0 amide bonds. The van der Waals surface area contributed by atoms with Crippen molar-refractivity contribution in [2.24, 2.45) is 5.73 Å². The number of hydrogen-bond acceptors (Lipinski definition) is 2. The summed E-state index contributed by atoms with van der Waals surface area (Å²) in [6, 6.07) is 7.04. The molecule has 0 bridgehead atoms. The van der Waals surface area contributed by atoms with Crippen LogP contribution in [0.1, 0.15) is 25.5 Å². The first-order valence-corrected chi connectivity index (χ1v) is 4.51.